The van der Waals surface area contributed by atoms with Gasteiger partial charge in [-0.3, -0.25) is 0 Å². The average Bonchev–Trinajstić information content (AvgIpc) is 1.27. The van der Waals surface area contributed by atoms with Gasteiger partial charge in [0.15, 0.2) is 0 Å². The minimum absolute atomic E-state index is 0.500. The summed E-state index contributed by atoms with van der Waals surface area (Å²) in [5.74, 6) is 0. The fraction of sp³-hybridized carbons (Fsp3) is 1.00. The molecule has 0 heterocycles. The first-order chi connectivity index (χ1) is 3.13. The molecule has 0 N–H and O–H groups in total. The molecule has 0 aliphatic rings. The van der Waals surface area contributed by atoms with Crippen molar-refractivity contribution in [2.24, 2.45) is 0 Å². The number of hydrogen-bond acceptors (Lipinski definition) is 0. The molecule has 0 rings (SSSR count). The quantitative estimate of drug-likeness (QED) is 0.498. The lowest BCUT2D eigenvalue weighted by Crippen LogP contribution is -2.21. The molecular formula is C6H14N. The maximum atomic E-state index is 4.28. The fourth-order valence-electron chi connectivity index (χ4n) is 0.596. The highest BCUT2D eigenvalue weighted by atomic mass is 14.9. The molecule has 0 aromatic carbocycles. The van der Waals surface area contributed by atoms with Crippen molar-refractivity contribution in [3.8, 4) is 0 Å². The van der Waals surface area contributed by atoms with Gasteiger partial charge in [0.25, 0.3) is 0 Å². The molecule has 1 heteroatoms. The molecule has 0 amide bonds. The maximum absolute atomic E-state index is 4.28. The molecule has 0 aliphatic heterocycles. The van der Waals surface area contributed by atoms with E-state index in [-0.39, 0.29) is 0 Å². The van der Waals surface area contributed by atoms with E-state index in [0.717, 1.165) is 0 Å². The summed E-state index contributed by atoms with van der Waals surface area (Å²) in [6.07, 6.45) is 0. The van der Waals surface area contributed by atoms with Crippen LogP contribution in [0.5, 0.6) is 0 Å². The Kier molecular flexibility index (Phi) is 3.01. The van der Waals surface area contributed by atoms with Gasteiger partial charge in [0.05, 0.1) is 0 Å². The number of nitrogens with zero attached hydrogens (tertiary/aromatic N) is 1. The van der Waals surface area contributed by atoms with Crippen LogP contribution in [0, 0.1) is 0 Å². The van der Waals surface area contributed by atoms with E-state index in [0.29, 0.717) is 12.1 Å². The van der Waals surface area contributed by atoms with Crippen molar-refractivity contribution in [2.75, 3.05) is 0 Å². The van der Waals surface area contributed by atoms with E-state index >= 15 is 0 Å². The Morgan fingerprint density at radius 2 is 1.14 bits per heavy atom. The second-order valence-electron chi connectivity index (χ2n) is 2.34. The van der Waals surface area contributed by atoms with Gasteiger partial charge in [-0.25, -0.2) is 5.32 Å². The normalized spacial score (nSPS) is 11.1. The second kappa shape index (κ2) is 3.03. The predicted octanol–water partition coefficient (Wildman–Crippen LogP) is 1.41. The SMILES string of the molecule is CC(C)[N]C(C)C. The smallest absolute Gasteiger partial charge is 0.0192 e. The summed E-state index contributed by atoms with van der Waals surface area (Å²) >= 11 is 0. The van der Waals surface area contributed by atoms with Crippen LogP contribution in [0.1, 0.15) is 27.7 Å². The summed E-state index contributed by atoms with van der Waals surface area (Å²) in [6.45, 7) is 8.39. The molecule has 0 aliphatic carbocycles. The molecule has 0 saturated heterocycles. The first kappa shape index (κ1) is 6.96. The van der Waals surface area contributed by atoms with Crippen LogP contribution in [0.15, 0.2) is 0 Å². The zero-order valence-corrected chi connectivity index (χ0v) is 5.60. The van der Waals surface area contributed by atoms with E-state index in [1.807, 2.05) is 0 Å². The Bertz CT molecular complexity index is 33.4. The summed E-state index contributed by atoms with van der Waals surface area (Å²) in [4.78, 5) is 0. The molecule has 1 nitrogen and oxygen atoms in total. The summed E-state index contributed by atoms with van der Waals surface area (Å²) in [6, 6.07) is 1.000. The summed E-state index contributed by atoms with van der Waals surface area (Å²) in [5.41, 5.74) is 0. The predicted molar refractivity (Wildman–Crippen MR) is 32.4 cm³/mol. The van der Waals surface area contributed by atoms with Gasteiger partial charge >= 0.3 is 0 Å². The third-order valence-corrected chi connectivity index (χ3v) is 0.596. The van der Waals surface area contributed by atoms with Crippen LogP contribution in [0.4, 0.5) is 0 Å². The van der Waals surface area contributed by atoms with E-state index in [1.165, 1.54) is 0 Å². The molecule has 1 radical (unpaired) electrons. The Morgan fingerprint density at radius 3 is 1.14 bits per heavy atom. The minimum Gasteiger partial charge on any atom is -0.236 e. The monoisotopic (exact) mass is 100 g/mol. The van der Waals surface area contributed by atoms with Crippen molar-refractivity contribution < 1.29 is 0 Å². The largest absolute Gasteiger partial charge is 0.236 e. The molecule has 0 saturated carbocycles. The summed E-state index contributed by atoms with van der Waals surface area (Å²) in [7, 11) is 0. The van der Waals surface area contributed by atoms with Crippen LogP contribution in [0.2, 0.25) is 0 Å². The first-order valence-electron chi connectivity index (χ1n) is 2.83. The fourth-order valence-corrected chi connectivity index (χ4v) is 0.596. The maximum Gasteiger partial charge on any atom is 0.0192 e. The minimum atomic E-state index is 0.500. The zero-order valence-electron chi connectivity index (χ0n) is 5.60. The van der Waals surface area contributed by atoms with E-state index in [2.05, 4.69) is 33.0 Å². The lowest BCUT2D eigenvalue weighted by atomic mass is 10.3. The lowest BCUT2D eigenvalue weighted by Gasteiger charge is -2.06. The second-order valence-corrected chi connectivity index (χ2v) is 2.34. The molecule has 0 bridgehead atoms. The van der Waals surface area contributed by atoms with Gasteiger partial charge in [0.2, 0.25) is 0 Å². The van der Waals surface area contributed by atoms with E-state index in [1.54, 1.807) is 0 Å². The molecule has 0 fully saturated rings. The summed E-state index contributed by atoms with van der Waals surface area (Å²) in [5, 5.41) is 4.28. The topological polar surface area (TPSA) is 14.1 Å². The van der Waals surface area contributed by atoms with E-state index in [4.69, 9.17) is 0 Å². The molecule has 43 valence electrons. The average molecular weight is 100 g/mol. The van der Waals surface area contributed by atoms with Crippen LogP contribution >= 0.6 is 0 Å². The highest BCUT2D eigenvalue weighted by molar-refractivity contribution is 4.55. The van der Waals surface area contributed by atoms with Gasteiger partial charge in [-0.1, -0.05) is 0 Å². The van der Waals surface area contributed by atoms with Gasteiger partial charge in [-0.15, -0.1) is 0 Å². The third-order valence-electron chi connectivity index (χ3n) is 0.596. The van der Waals surface area contributed by atoms with Gasteiger partial charge in [-0.05, 0) is 27.7 Å². The molecule has 7 heavy (non-hydrogen) atoms. The van der Waals surface area contributed by atoms with Crippen molar-refractivity contribution in [1.82, 2.24) is 5.32 Å². The summed E-state index contributed by atoms with van der Waals surface area (Å²) < 4.78 is 0. The van der Waals surface area contributed by atoms with E-state index < -0.39 is 0 Å². The Hall–Kier alpha value is -0.0400. The Labute approximate surface area is 46.1 Å². The Morgan fingerprint density at radius 1 is 0.857 bits per heavy atom. The number of hydrogen-bond donors (Lipinski definition) is 0. The number of rotatable bonds is 2. The van der Waals surface area contributed by atoms with Crippen molar-refractivity contribution >= 4 is 0 Å². The molecule has 0 spiro atoms. The Balaban J connectivity index is 2.95. The molecule has 0 aromatic rings. The highest BCUT2D eigenvalue weighted by Crippen LogP contribution is 1.84. The van der Waals surface area contributed by atoms with Crippen LogP contribution in [0.3, 0.4) is 0 Å². The third kappa shape index (κ3) is 5.96. The standard InChI is InChI=1S/C6H14N/c1-5(2)7-6(3)4/h5-6H,1-4H3. The van der Waals surface area contributed by atoms with Crippen molar-refractivity contribution in [3.05, 3.63) is 0 Å². The lowest BCUT2D eigenvalue weighted by molar-refractivity contribution is 0.505. The van der Waals surface area contributed by atoms with Crippen molar-refractivity contribution in [2.45, 2.75) is 39.8 Å². The van der Waals surface area contributed by atoms with Gasteiger partial charge in [0, 0.05) is 12.1 Å². The molecule has 0 aromatic heterocycles. The van der Waals surface area contributed by atoms with Crippen LogP contribution in [-0.4, -0.2) is 12.1 Å². The van der Waals surface area contributed by atoms with Crippen LogP contribution < -0.4 is 5.32 Å². The van der Waals surface area contributed by atoms with Crippen molar-refractivity contribution in [3.63, 3.8) is 0 Å². The molecule has 0 atom stereocenters. The van der Waals surface area contributed by atoms with Crippen LogP contribution in [-0.2, 0) is 0 Å². The highest BCUT2D eigenvalue weighted by Gasteiger charge is 1.95. The zero-order chi connectivity index (χ0) is 5.86. The first-order valence-corrected chi connectivity index (χ1v) is 2.83. The van der Waals surface area contributed by atoms with Gasteiger partial charge in [-0.2, -0.15) is 0 Å². The molecule has 0 unspecified atom stereocenters. The molecular weight excluding hydrogens is 86.1 g/mol. The van der Waals surface area contributed by atoms with Gasteiger partial charge in [0.1, 0.15) is 0 Å². The van der Waals surface area contributed by atoms with Crippen molar-refractivity contribution in [1.29, 1.82) is 0 Å². The van der Waals surface area contributed by atoms with Crippen LogP contribution in [0.25, 0.3) is 0 Å². The van der Waals surface area contributed by atoms with E-state index in [9.17, 15) is 0 Å². The van der Waals surface area contributed by atoms with Gasteiger partial charge < -0.3 is 0 Å².